The molecule has 0 aliphatic carbocycles. The van der Waals surface area contributed by atoms with E-state index < -0.39 is 11.9 Å². The molecule has 0 aromatic heterocycles. The number of hydrogen-bond donors (Lipinski definition) is 4. The molecule has 8 aromatic rings. The maximum absolute atomic E-state index is 12.6. The van der Waals surface area contributed by atoms with Gasteiger partial charge in [0.25, 0.3) is 11.8 Å². The summed E-state index contributed by atoms with van der Waals surface area (Å²) >= 11 is 23.9. The molecule has 0 saturated carbocycles. The average molecular weight is 1010 g/mol. The first kappa shape index (κ1) is 52.5. The fourth-order valence-corrected chi connectivity index (χ4v) is 8.45. The van der Waals surface area contributed by atoms with E-state index in [0.717, 1.165) is 66.6 Å². The highest BCUT2D eigenvalue weighted by atomic mass is 35.5. The van der Waals surface area contributed by atoms with Gasteiger partial charge in [-0.2, -0.15) is 0 Å². The van der Waals surface area contributed by atoms with E-state index in [-0.39, 0.29) is 22.7 Å². The van der Waals surface area contributed by atoms with E-state index >= 15 is 0 Å². The van der Waals surface area contributed by atoms with Crippen LogP contribution in [0.3, 0.4) is 0 Å². The zero-order chi connectivity index (χ0) is 50.0. The van der Waals surface area contributed by atoms with Crippen molar-refractivity contribution in [2.24, 2.45) is 0 Å². The van der Waals surface area contributed by atoms with Crippen molar-refractivity contribution >= 4 is 81.2 Å². The molecule has 70 heavy (non-hydrogen) atoms. The quantitative estimate of drug-likeness (QED) is 0.0809. The van der Waals surface area contributed by atoms with E-state index in [2.05, 4.69) is 71.3 Å². The van der Waals surface area contributed by atoms with E-state index in [1.165, 1.54) is 52.1 Å². The van der Waals surface area contributed by atoms with E-state index in [4.69, 9.17) is 52.1 Å². The van der Waals surface area contributed by atoms with Crippen molar-refractivity contribution < 1.29 is 19.5 Å². The molecule has 7 nitrogen and oxygen atoms in total. The third kappa shape index (κ3) is 16.7. The summed E-state index contributed by atoms with van der Waals surface area (Å²) in [5.74, 6) is -1.82. The Labute approximate surface area is 430 Å². The Morgan fingerprint density at radius 2 is 0.757 bits per heavy atom. The molecule has 0 bridgehead atoms. The van der Waals surface area contributed by atoms with Crippen LogP contribution in [0.5, 0.6) is 0 Å². The zero-order valence-electron chi connectivity index (χ0n) is 38.8. The van der Waals surface area contributed by atoms with Crippen LogP contribution in [0, 0.1) is 13.8 Å². The van der Waals surface area contributed by atoms with Crippen molar-refractivity contribution in [1.82, 2.24) is 0 Å². The average Bonchev–Trinajstić information content (AvgIpc) is 3.34. The minimum Gasteiger partial charge on any atom is -0.478 e. The number of amides is 2. The molecule has 356 valence electrons. The molecule has 0 unspecified atom stereocenters. The summed E-state index contributed by atoms with van der Waals surface area (Å²) in [6.07, 6.45) is 5.52. The third-order valence-corrected chi connectivity index (χ3v) is 12.2. The molecule has 2 amide bonds. The Bertz CT molecular complexity index is 3000. The van der Waals surface area contributed by atoms with Crippen molar-refractivity contribution in [3.63, 3.8) is 0 Å². The molecule has 0 spiro atoms. The second kappa shape index (κ2) is 26.2. The van der Waals surface area contributed by atoms with Crippen LogP contribution in [0.4, 0.5) is 17.1 Å². The summed E-state index contributed by atoms with van der Waals surface area (Å²) < 4.78 is 0. The molecule has 0 saturated heterocycles. The molecule has 8 aromatic carbocycles. The summed E-state index contributed by atoms with van der Waals surface area (Å²) in [5, 5.41) is 16.6. The molecule has 0 heterocycles. The van der Waals surface area contributed by atoms with Crippen molar-refractivity contribution in [2.45, 2.75) is 52.4 Å². The highest BCUT2D eigenvalue weighted by Crippen LogP contribution is 2.25. The van der Waals surface area contributed by atoms with Gasteiger partial charge in [0.05, 0.1) is 11.3 Å². The number of rotatable bonds is 14. The monoisotopic (exact) mass is 1010 g/mol. The van der Waals surface area contributed by atoms with Crippen LogP contribution in [-0.2, 0) is 38.5 Å². The van der Waals surface area contributed by atoms with Crippen LogP contribution < -0.4 is 16.4 Å². The number of aromatic carboxylic acids is 1. The van der Waals surface area contributed by atoms with E-state index in [1.54, 1.807) is 30.3 Å². The summed E-state index contributed by atoms with van der Waals surface area (Å²) in [6, 6.07) is 57.6. The van der Waals surface area contributed by atoms with Crippen molar-refractivity contribution in [2.75, 3.05) is 16.4 Å². The second-order valence-electron chi connectivity index (χ2n) is 16.7. The lowest BCUT2D eigenvalue weighted by molar-refractivity contribution is 0.0697. The largest absolute Gasteiger partial charge is 0.478 e. The normalized spacial score (nSPS) is 10.5. The fraction of sp³-hybridized carbons (Fsp3) is 0.136. The first-order valence-corrected chi connectivity index (χ1v) is 24.2. The van der Waals surface area contributed by atoms with E-state index in [0.29, 0.717) is 25.7 Å². The van der Waals surface area contributed by atoms with Crippen LogP contribution in [0.2, 0.25) is 20.1 Å². The Hall–Kier alpha value is -6.87. The predicted octanol–water partition coefficient (Wildman–Crippen LogP) is 15.4. The van der Waals surface area contributed by atoms with Crippen molar-refractivity contribution in [3.8, 4) is 0 Å². The highest BCUT2D eigenvalue weighted by Gasteiger charge is 2.16. The molecule has 0 aliphatic heterocycles. The van der Waals surface area contributed by atoms with Crippen molar-refractivity contribution in [1.29, 1.82) is 0 Å². The number of nitrogens with two attached hydrogens (primary N) is 1. The molecular formula is C59H53Cl4N3O4. The van der Waals surface area contributed by atoms with Gasteiger partial charge in [-0.3, -0.25) is 9.59 Å². The van der Waals surface area contributed by atoms with Gasteiger partial charge in [0.2, 0.25) is 0 Å². The number of benzene rings is 8. The van der Waals surface area contributed by atoms with Crippen LogP contribution in [0.25, 0.3) is 0 Å². The maximum atomic E-state index is 12.6. The molecule has 11 heteroatoms. The minimum absolute atomic E-state index is 0.0185. The lowest BCUT2D eigenvalue weighted by Crippen LogP contribution is -2.15. The SMILES string of the molecule is Cc1ccc(CCc2ccccc2)cc1N.Cc1ccc(CCc2ccccc2)cc1NC(=O)c1cc(Cl)cc(Cl)c1.O=C(Nc1cc(CCc2ccccc2)ccc1C(=O)O)c1cc(Cl)cc(Cl)c1. The number of carboxylic acid groups (broad SMARTS) is 1. The Morgan fingerprint density at radius 3 is 1.16 bits per heavy atom. The van der Waals surface area contributed by atoms with Crippen molar-refractivity contribution in [3.05, 3.63) is 263 Å². The zero-order valence-corrected chi connectivity index (χ0v) is 41.8. The number of carbonyl (C=O) groups excluding carboxylic acids is 2. The topological polar surface area (TPSA) is 122 Å². The van der Waals surface area contributed by atoms with Gasteiger partial charge in [0.15, 0.2) is 0 Å². The second-order valence-corrected chi connectivity index (χ2v) is 18.5. The minimum atomic E-state index is -1.12. The van der Waals surface area contributed by atoms with Gasteiger partial charge < -0.3 is 21.5 Å². The smallest absolute Gasteiger partial charge is 0.337 e. The fourth-order valence-electron chi connectivity index (χ4n) is 7.40. The van der Waals surface area contributed by atoms with E-state index in [1.807, 2.05) is 80.6 Å². The lowest BCUT2D eigenvalue weighted by atomic mass is 10.0. The number of carboxylic acids is 1. The Kier molecular flexibility index (Phi) is 19.7. The van der Waals surface area contributed by atoms with Gasteiger partial charge in [-0.1, -0.05) is 168 Å². The Balaban J connectivity index is 0.000000178. The molecule has 0 radical (unpaired) electrons. The summed E-state index contributed by atoms with van der Waals surface area (Å²) in [4.78, 5) is 36.6. The van der Waals surface area contributed by atoms with Gasteiger partial charge >= 0.3 is 5.97 Å². The first-order valence-electron chi connectivity index (χ1n) is 22.7. The maximum Gasteiger partial charge on any atom is 0.337 e. The Morgan fingerprint density at radius 1 is 0.414 bits per heavy atom. The van der Waals surface area contributed by atoms with Crippen LogP contribution in [0.1, 0.15) is 75.6 Å². The molecular weight excluding hydrogens is 956 g/mol. The number of nitrogens with one attached hydrogen (secondary N) is 2. The number of nitrogen functional groups attached to an aromatic ring is 1. The van der Waals surface area contributed by atoms with Gasteiger partial charge in [-0.05, 0) is 158 Å². The number of carbonyl (C=O) groups is 3. The van der Waals surface area contributed by atoms with E-state index in [9.17, 15) is 19.5 Å². The molecule has 5 N–H and O–H groups in total. The predicted molar refractivity (Wildman–Crippen MR) is 291 cm³/mol. The first-order chi connectivity index (χ1) is 33.7. The molecule has 0 fully saturated rings. The van der Waals surface area contributed by atoms with Crippen LogP contribution >= 0.6 is 46.4 Å². The summed E-state index contributed by atoms with van der Waals surface area (Å²) in [7, 11) is 0. The highest BCUT2D eigenvalue weighted by molar-refractivity contribution is 6.36. The third-order valence-electron chi connectivity index (χ3n) is 11.3. The number of halogens is 4. The number of aryl methyl sites for hydroxylation is 8. The van der Waals surface area contributed by atoms with Crippen LogP contribution in [0.15, 0.2) is 182 Å². The summed E-state index contributed by atoms with van der Waals surface area (Å²) in [5.41, 5.74) is 18.0. The molecule has 0 aliphatic rings. The molecule has 0 atom stereocenters. The van der Waals surface area contributed by atoms with Gasteiger partial charge in [0.1, 0.15) is 0 Å². The van der Waals surface area contributed by atoms with Crippen LogP contribution in [-0.4, -0.2) is 22.9 Å². The van der Waals surface area contributed by atoms with Gasteiger partial charge in [-0.15, -0.1) is 0 Å². The summed E-state index contributed by atoms with van der Waals surface area (Å²) in [6.45, 7) is 4.01. The lowest BCUT2D eigenvalue weighted by Gasteiger charge is -2.12. The number of hydrogen-bond acceptors (Lipinski definition) is 4. The molecule has 8 rings (SSSR count). The van der Waals surface area contributed by atoms with Gasteiger partial charge in [0, 0.05) is 42.6 Å². The number of anilines is 3. The standard InChI is InChI=1S/C22H17Cl2NO3.C22H19Cl2NO.C15H17N/c23-17-11-16(12-18(24)13-17)21(26)25-20-10-15(8-9-19(20)22(27)28)7-6-14-4-2-1-3-5-14;1-15-7-8-17(10-9-16-5-3-2-4-6-16)11-21(15)25-22(26)18-12-19(23)14-20(24)13-18;1-12-7-8-14(11-15(12)16)10-9-13-5-3-2-4-6-13/h1-5,8-13H,6-7H2,(H,25,26)(H,27,28);2-8,11-14H,9-10H2,1H3,(H,25,26);2-8,11H,9-10,16H2,1H3. The van der Waals surface area contributed by atoms with Gasteiger partial charge in [-0.25, -0.2) is 4.79 Å².